The highest BCUT2D eigenvalue weighted by molar-refractivity contribution is 5.50. The first kappa shape index (κ1) is 15.8. The molecule has 0 unspecified atom stereocenters. The van der Waals surface area contributed by atoms with Crippen LogP contribution in [0.4, 0.5) is 0 Å². The van der Waals surface area contributed by atoms with E-state index in [0.717, 1.165) is 5.75 Å². The Balaban J connectivity index is 2.06. The van der Waals surface area contributed by atoms with Crippen LogP contribution in [-0.2, 0) is 0 Å². The number of ether oxygens (including phenoxy) is 1. The first-order chi connectivity index (χ1) is 9.36. The summed E-state index contributed by atoms with van der Waals surface area (Å²) in [6.07, 6.45) is 15.3. The number of benzene rings is 1. The summed E-state index contributed by atoms with van der Waals surface area (Å²) in [6, 6.07) is 8.21. The Bertz CT molecular complexity index is 337. The van der Waals surface area contributed by atoms with Crippen LogP contribution < -0.4 is 4.74 Å². The first-order valence-corrected chi connectivity index (χ1v) is 7.67. The zero-order valence-electron chi connectivity index (χ0n) is 12.5. The highest BCUT2D eigenvalue weighted by Gasteiger charge is 1.91. The van der Waals surface area contributed by atoms with Gasteiger partial charge in [0.2, 0.25) is 0 Å². The largest absolute Gasteiger partial charge is 0.497 e. The summed E-state index contributed by atoms with van der Waals surface area (Å²) in [6.45, 7) is 2.27. The smallest absolute Gasteiger partial charge is 0.118 e. The van der Waals surface area contributed by atoms with Crippen molar-refractivity contribution in [3.05, 3.63) is 35.9 Å². The molecule has 0 bridgehead atoms. The predicted octanol–water partition coefficient (Wildman–Crippen LogP) is 5.85. The van der Waals surface area contributed by atoms with E-state index < -0.39 is 0 Å². The maximum absolute atomic E-state index is 5.14. The van der Waals surface area contributed by atoms with E-state index >= 15 is 0 Å². The summed E-state index contributed by atoms with van der Waals surface area (Å²) in [5.41, 5.74) is 1.25. The molecule has 0 spiro atoms. The molecular formula is C18H28O. The average molecular weight is 260 g/mol. The predicted molar refractivity (Wildman–Crippen MR) is 84.6 cm³/mol. The van der Waals surface area contributed by atoms with Gasteiger partial charge in [0.25, 0.3) is 0 Å². The Labute approximate surface area is 118 Å². The number of rotatable bonds is 10. The quantitative estimate of drug-likeness (QED) is 0.479. The van der Waals surface area contributed by atoms with Crippen molar-refractivity contribution in [2.75, 3.05) is 7.11 Å². The van der Waals surface area contributed by atoms with E-state index in [2.05, 4.69) is 31.2 Å². The lowest BCUT2D eigenvalue weighted by atomic mass is 10.1. The van der Waals surface area contributed by atoms with E-state index in [9.17, 15) is 0 Å². The second-order valence-electron chi connectivity index (χ2n) is 5.09. The molecular weight excluding hydrogens is 232 g/mol. The Morgan fingerprint density at radius 2 is 1.53 bits per heavy atom. The zero-order chi connectivity index (χ0) is 13.8. The van der Waals surface area contributed by atoms with Crippen molar-refractivity contribution in [1.29, 1.82) is 0 Å². The third kappa shape index (κ3) is 7.71. The second-order valence-corrected chi connectivity index (χ2v) is 5.09. The molecule has 0 saturated heterocycles. The minimum atomic E-state index is 0.921. The SMILES string of the molecule is CCCCCCCCC/C=C/c1ccc(OC)cc1. The van der Waals surface area contributed by atoms with Gasteiger partial charge in [-0.15, -0.1) is 0 Å². The van der Waals surface area contributed by atoms with Crippen LogP contribution in [0.2, 0.25) is 0 Å². The highest BCUT2D eigenvalue weighted by Crippen LogP contribution is 2.13. The van der Waals surface area contributed by atoms with Gasteiger partial charge in [-0.3, -0.25) is 0 Å². The van der Waals surface area contributed by atoms with Gasteiger partial charge in [0.15, 0.2) is 0 Å². The van der Waals surface area contributed by atoms with Crippen molar-refractivity contribution in [2.24, 2.45) is 0 Å². The molecule has 0 radical (unpaired) electrons. The van der Waals surface area contributed by atoms with Crippen molar-refractivity contribution >= 4 is 6.08 Å². The lowest BCUT2D eigenvalue weighted by Gasteiger charge is -2.00. The molecule has 0 saturated carbocycles. The molecule has 1 heteroatoms. The molecule has 0 atom stereocenters. The van der Waals surface area contributed by atoms with Gasteiger partial charge in [0, 0.05) is 0 Å². The van der Waals surface area contributed by atoms with Crippen LogP contribution in [0.15, 0.2) is 30.3 Å². The van der Waals surface area contributed by atoms with E-state index in [0.29, 0.717) is 0 Å². The fraction of sp³-hybridized carbons (Fsp3) is 0.556. The summed E-state index contributed by atoms with van der Waals surface area (Å²) in [5, 5.41) is 0. The van der Waals surface area contributed by atoms with Crippen LogP contribution in [0.3, 0.4) is 0 Å². The number of methoxy groups -OCH3 is 1. The fourth-order valence-corrected chi connectivity index (χ4v) is 2.15. The third-order valence-corrected chi connectivity index (χ3v) is 3.40. The highest BCUT2D eigenvalue weighted by atomic mass is 16.5. The Morgan fingerprint density at radius 1 is 0.895 bits per heavy atom. The van der Waals surface area contributed by atoms with Crippen LogP contribution in [0.5, 0.6) is 5.75 Å². The van der Waals surface area contributed by atoms with Gasteiger partial charge in [-0.25, -0.2) is 0 Å². The van der Waals surface area contributed by atoms with Crippen molar-refractivity contribution in [1.82, 2.24) is 0 Å². The summed E-state index contributed by atoms with van der Waals surface area (Å²) >= 11 is 0. The molecule has 0 aromatic heterocycles. The number of hydrogen-bond acceptors (Lipinski definition) is 1. The normalized spacial score (nSPS) is 11.1. The lowest BCUT2D eigenvalue weighted by Crippen LogP contribution is -1.81. The number of hydrogen-bond donors (Lipinski definition) is 0. The molecule has 0 aliphatic carbocycles. The van der Waals surface area contributed by atoms with Gasteiger partial charge in [-0.05, 0) is 30.5 Å². The van der Waals surface area contributed by atoms with E-state index in [4.69, 9.17) is 4.74 Å². The van der Waals surface area contributed by atoms with E-state index in [1.807, 2.05) is 12.1 Å². The molecule has 19 heavy (non-hydrogen) atoms. The Hall–Kier alpha value is -1.24. The average Bonchev–Trinajstić information content (AvgIpc) is 2.46. The monoisotopic (exact) mass is 260 g/mol. The maximum Gasteiger partial charge on any atom is 0.118 e. The maximum atomic E-state index is 5.14. The van der Waals surface area contributed by atoms with Crippen molar-refractivity contribution in [3.63, 3.8) is 0 Å². The lowest BCUT2D eigenvalue weighted by molar-refractivity contribution is 0.415. The van der Waals surface area contributed by atoms with Crippen molar-refractivity contribution < 1.29 is 4.74 Å². The molecule has 1 aromatic rings. The minimum Gasteiger partial charge on any atom is -0.497 e. The van der Waals surface area contributed by atoms with Crippen molar-refractivity contribution in [3.8, 4) is 5.75 Å². The Kier molecular flexibility index (Phi) is 8.87. The number of allylic oxidation sites excluding steroid dienone is 1. The number of unbranched alkanes of at least 4 members (excludes halogenated alkanes) is 7. The molecule has 1 rings (SSSR count). The second kappa shape index (κ2) is 10.7. The van der Waals surface area contributed by atoms with Crippen molar-refractivity contribution in [2.45, 2.75) is 58.3 Å². The van der Waals surface area contributed by atoms with E-state index in [1.54, 1.807) is 7.11 Å². The Morgan fingerprint density at radius 3 is 2.16 bits per heavy atom. The van der Waals surface area contributed by atoms with Crippen LogP contribution in [0.1, 0.15) is 63.9 Å². The van der Waals surface area contributed by atoms with Gasteiger partial charge in [-0.1, -0.05) is 69.7 Å². The van der Waals surface area contributed by atoms with Crippen LogP contribution in [0.25, 0.3) is 6.08 Å². The summed E-state index contributed by atoms with van der Waals surface area (Å²) in [7, 11) is 1.70. The molecule has 0 amide bonds. The first-order valence-electron chi connectivity index (χ1n) is 7.67. The van der Waals surface area contributed by atoms with Crippen LogP contribution >= 0.6 is 0 Å². The van der Waals surface area contributed by atoms with E-state index in [1.165, 1.54) is 56.9 Å². The molecule has 0 N–H and O–H groups in total. The zero-order valence-corrected chi connectivity index (χ0v) is 12.5. The summed E-state index contributed by atoms with van der Waals surface area (Å²) in [4.78, 5) is 0. The molecule has 106 valence electrons. The molecule has 1 nitrogen and oxygen atoms in total. The third-order valence-electron chi connectivity index (χ3n) is 3.40. The molecule has 1 aromatic carbocycles. The van der Waals surface area contributed by atoms with Gasteiger partial charge in [0.1, 0.15) is 5.75 Å². The van der Waals surface area contributed by atoms with Gasteiger partial charge < -0.3 is 4.74 Å². The summed E-state index contributed by atoms with van der Waals surface area (Å²) < 4.78 is 5.14. The standard InChI is InChI=1S/C18H28O/c1-3-4-5-6-7-8-9-10-11-12-17-13-15-18(19-2)16-14-17/h11-16H,3-10H2,1-2H3/b12-11+. The van der Waals surface area contributed by atoms with Gasteiger partial charge in [-0.2, -0.15) is 0 Å². The topological polar surface area (TPSA) is 9.23 Å². The molecule has 0 aliphatic rings. The minimum absolute atomic E-state index is 0.921. The van der Waals surface area contributed by atoms with Gasteiger partial charge >= 0.3 is 0 Å². The molecule has 0 aliphatic heterocycles. The fourth-order valence-electron chi connectivity index (χ4n) is 2.15. The molecule has 0 heterocycles. The molecule has 0 fully saturated rings. The van der Waals surface area contributed by atoms with E-state index in [-0.39, 0.29) is 0 Å². The van der Waals surface area contributed by atoms with Gasteiger partial charge in [0.05, 0.1) is 7.11 Å². The van der Waals surface area contributed by atoms with Crippen LogP contribution in [-0.4, -0.2) is 7.11 Å². The van der Waals surface area contributed by atoms with Crippen LogP contribution in [0, 0.1) is 0 Å². The summed E-state index contributed by atoms with van der Waals surface area (Å²) in [5.74, 6) is 0.921.